The Hall–Kier alpha value is 11.4. The predicted octanol–water partition coefficient (Wildman–Crippen LogP) is -1.00. The third-order valence-corrected chi connectivity index (χ3v) is 14.9. The van der Waals surface area contributed by atoms with Crippen molar-refractivity contribution in [2.45, 2.75) is 86.1 Å². The van der Waals surface area contributed by atoms with Crippen LogP contribution in [-0.2, 0) is 214 Å². The van der Waals surface area contributed by atoms with E-state index >= 15 is 0 Å². The maximum atomic E-state index is 11.6. The fourth-order valence-electron chi connectivity index (χ4n) is 1.92. The average molecular weight is 3200 g/mol. The zero-order chi connectivity index (χ0) is 36.8. The molecule has 65 heavy (non-hydrogen) atoms. The van der Waals surface area contributed by atoms with E-state index in [1.54, 1.807) is 0 Å². The monoisotopic (exact) mass is 3200 g/mol. The van der Waals surface area contributed by atoms with Gasteiger partial charge in [0.05, 0.1) is 7.37 Å². The Balaban J connectivity index is -0.0000000171. The van der Waals surface area contributed by atoms with Gasteiger partial charge in [0.15, 0.2) is 7.60 Å². The van der Waals surface area contributed by atoms with Crippen LogP contribution in [-0.4, -0.2) is 83.6 Å². The van der Waals surface area contributed by atoms with Crippen molar-refractivity contribution in [2.24, 2.45) is 0 Å². The molecule has 0 aliphatic heterocycles. The summed E-state index contributed by atoms with van der Waals surface area (Å²) in [6, 6.07) is 0. The quantitative estimate of drug-likeness (QED) is 0.0812. The molecule has 5 N–H and O–H groups in total. The second-order valence-corrected chi connectivity index (χ2v) is 20.9. The van der Waals surface area contributed by atoms with E-state index in [2.05, 4.69) is 12.9 Å². The number of Topliss-reactive ketones (excluding diaryl/α,β-unsaturated/α-hetero) is 3. The number of phosphoric acid groups is 1. The van der Waals surface area contributed by atoms with E-state index in [0.29, 0.717) is 15.9 Å². The standard InChI is InChI=1S/C7H16NO8P3.C6H13NO6P2.C6H12NO3P.6CH4.3Rb.3Re.2Rf.3U.3Y/c1-5-17(4,10)15-19(13,14)16-18(11,12)8(3)6-7(2)9;1-4-14(9,10)13-15(11,12)7(3)5-6(2)8;1-4-11(9,10)7(3)5-6(2)8;;;;;;;;;;;;;;;;;;;;/h5-6H,1-4H3,(H,11,12)(H,13,14);4-5H,1-3H3,(H,9,10)(H,11,12);4-5H,1-3H3,(H,9,10);6*1H4;;;;;;;;;;;;;;/q3*-2;;;;;;;3*+1;;;;;;;;;;;. The van der Waals surface area contributed by atoms with Crippen LogP contribution in [0.3, 0.4) is 0 Å². The van der Waals surface area contributed by atoms with Crippen molar-refractivity contribution in [2.75, 3.05) is 27.8 Å². The molecule has 40 heteroatoms. The predicted molar refractivity (Wildman–Crippen MR) is 204 cm³/mol. The molecule has 0 aromatic heterocycles. The van der Waals surface area contributed by atoms with Gasteiger partial charge >= 0.3 is 198 Å². The second kappa shape index (κ2) is 75.4. The van der Waals surface area contributed by atoms with Crippen LogP contribution in [0.15, 0.2) is 0 Å². The Kier molecular flexibility index (Phi) is 177. The molecule has 364 valence electrons. The van der Waals surface area contributed by atoms with Crippen molar-refractivity contribution in [1.82, 2.24) is 14.0 Å². The molecule has 0 saturated carbocycles. The van der Waals surface area contributed by atoms with E-state index in [1.807, 2.05) is 0 Å². The molecule has 0 heterocycles. The summed E-state index contributed by atoms with van der Waals surface area (Å²) in [6.45, 7) is 11.3. The van der Waals surface area contributed by atoms with Crippen molar-refractivity contribution < 1.29 is 506 Å². The van der Waals surface area contributed by atoms with Crippen LogP contribution in [0.25, 0.3) is 0 Å². The molecular weight excluding hydrogens is 3130 g/mol. The molecule has 0 aromatic carbocycles. The number of hydrogen-bond acceptors (Lipinski definition) is 12. The summed E-state index contributed by atoms with van der Waals surface area (Å²) in [4.78, 5) is 77.8. The van der Waals surface area contributed by atoms with Crippen molar-refractivity contribution in [3.8, 4) is 0 Å². The Labute approximate surface area is 716 Å². The van der Waals surface area contributed by atoms with Crippen molar-refractivity contribution >= 4 is 63.1 Å². The molecule has 0 aliphatic rings. The van der Waals surface area contributed by atoms with Gasteiger partial charge in [-0.15, -0.1) is 0 Å². The number of carbonyl (C=O) groups excluding carboxylic acids is 3. The first-order valence-electron chi connectivity index (χ1n) is 11.8. The SMILES string of the molecule is C.C.C.C.C.C.C[CH-]P(=O)(O)N(C)[CH-]C(C)=O.C[CH-]P(=O)(O)OP(=O)(O)N(C)[CH-]C(C)=O.C[CH-]P(C)(=O)OP(=O)(O)OP(=O)(O)N(C)[CH-]C(C)=O.[Rb+].[Rb+].[Rb+].[Re].[Re].[Re].[Rf].[Rf].[U].[U].[U].[Y].[Y].[Y]. The minimum atomic E-state index is -5.03. The van der Waals surface area contributed by atoms with Crippen molar-refractivity contribution in [1.29, 1.82) is 0 Å². The van der Waals surface area contributed by atoms with E-state index in [0.717, 1.165) is 57.8 Å². The summed E-state index contributed by atoms with van der Waals surface area (Å²) >= 11 is 0. The van der Waals surface area contributed by atoms with E-state index in [-0.39, 0.29) is 478 Å². The van der Waals surface area contributed by atoms with Gasteiger partial charge in [0.2, 0.25) is 0 Å². The largest absolute Gasteiger partial charge is 1.00 e. The Morgan fingerprint density at radius 3 is 0.908 bits per heavy atom. The van der Waals surface area contributed by atoms with E-state index in [4.69, 9.17) is 9.79 Å². The summed E-state index contributed by atoms with van der Waals surface area (Å²) in [5, 5.41) is 0. The third kappa shape index (κ3) is 86.9. The molecule has 0 fully saturated rings. The third-order valence-electron chi connectivity index (χ3n) is 4.19. The molecule has 0 spiro atoms. The topological polar surface area (TPSA) is 292 Å². The van der Waals surface area contributed by atoms with E-state index < -0.39 is 57.4 Å². The first kappa shape index (κ1) is 152. The number of hydrogen-bond donors (Lipinski definition) is 5. The first-order chi connectivity index (χ1) is 19.8. The number of rotatable bonds is 18. The van der Waals surface area contributed by atoms with Gasteiger partial charge in [0.1, 0.15) is 7.52 Å². The number of carbonyl (C=O) groups is 3. The van der Waals surface area contributed by atoms with Gasteiger partial charge in [-0.25, -0.2) is 36.5 Å². The summed E-state index contributed by atoms with van der Waals surface area (Å²) < 4.78 is 82.5. The van der Waals surface area contributed by atoms with Crippen LogP contribution >= 0.6 is 45.8 Å². The van der Waals surface area contributed by atoms with Gasteiger partial charge in [-0.3, -0.25) is 28.5 Å². The fraction of sp³-hybridized carbons (Fsp3) is 0.640. The molecule has 6 radical (unpaired) electrons. The molecule has 6 atom stereocenters. The van der Waals surface area contributed by atoms with Crippen LogP contribution in [0.2, 0.25) is 0 Å². The Bertz CT molecular complexity index is 1380. The Morgan fingerprint density at radius 1 is 0.477 bits per heavy atom. The zero-order valence-electron chi connectivity index (χ0n) is 34.9. The summed E-state index contributed by atoms with van der Waals surface area (Å²) in [6.07, 6.45) is 2.98. The summed E-state index contributed by atoms with van der Waals surface area (Å²) in [5.74, 6) is -1.30. The van der Waals surface area contributed by atoms with Crippen LogP contribution in [0, 0.1) is 131 Å². The Morgan fingerprint density at radius 2 is 0.708 bits per heavy atom. The van der Waals surface area contributed by atoms with Gasteiger partial charge in [0, 0.05) is 270 Å². The smallest absolute Gasteiger partial charge is 0.389 e. The first-order valence-corrected chi connectivity index (χ1v) is 21.9. The van der Waals surface area contributed by atoms with Gasteiger partial charge < -0.3 is 62.0 Å². The fourth-order valence-corrected chi connectivity index (χ4v) is 9.22. The van der Waals surface area contributed by atoms with Gasteiger partial charge in [0.25, 0.3) is 0 Å². The summed E-state index contributed by atoms with van der Waals surface area (Å²) in [5.41, 5.74) is 0. The van der Waals surface area contributed by atoms with Crippen molar-refractivity contribution in [3.63, 3.8) is 0 Å². The molecule has 20 nitrogen and oxygen atoms in total. The zero-order valence-corrected chi connectivity index (χ0v) is 97.0. The molecule has 0 amide bonds. The summed E-state index contributed by atoms with van der Waals surface area (Å²) in [7, 11) is -21.9. The van der Waals surface area contributed by atoms with E-state index in [1.165, 1.54) is 47.8 Å². The average Bonchev–Trinajstić information content (AvgIpc) is 2.81. The molecule has 0 rings (SSSR count). The molecule has 0 aliphatic carbocycles. The van der Waals surface area contributed by atoms with Crippen LogP contribution in [0.1, 0.15) is 86.1 Å². The van der Waals surface area contributed by atoms with Gasteiger partial charge in [-0.2, -0.15) is 25.1 Å². The molecular formula is C25H65N3O17P6Rb3Re3Rf2U3Y3-3. The van der Waals surface area contributed by atoms with Gasteiger partial charge in [-0.1, -0.05) is 44.6 Å². The molecule has 0 saturated heterocycles. The number of ketones is 3. The second-order valence-electron chi connectivity index (χ2n) is 8.47. The van der Waals surface area contributed by atoms with Crippen LogP contribution in [0.5, 0.6) is 0 Å². The van der Waals surface area contributed by atoms with Crippen LogP contribution < -0.4 is 175 Å². The maximum absolute atomic E-state index is 11.6. The molecule has 0 aromatic rings. The minimum Gasteiger partial charge on any atom is -0.389 e. The molecule has 6 unspecified atom stereocenters. The maximum Gasteiger partial charge on any atom is 1.00 e. The van der Waals surface area contributed by atoms with Crippen LogP contribution in [0.4, 0.5) is 0 Å². The number of likely N-dealkylation sites (N-methyl/N-ethyl adjacent to an activating group) is 3. The molecule has 0 bridgehead atoms. The van der Waals surface area contributed by atoms with Gasteiger partial charge in [-0.05, 0) is 48.6 Å². The van der Waals surface area contributed by atoms with Crippen molar-refractivity contribution in [3.05, 3.63) is 38.1 Å². The minimum absolute atomic E-state index is 0. The normalized spacial score (nSPS) is 13.4. The van der Waals surface area contributed by atoms with E-state index in [9.17, 15) is 56.5 Å². The number of nitrogens with zero attached hydrogens (tertiary/aromatic N) is 3.